The fourth-order valence-corrected chi connectivity index (χ4v) is 1.92. The molecule has 20 heavy (non-hydrogen) atoms. The molecule has 2 aromatic carbocycles. The van der Waals surface area contributed by atoms with Gasteiger partial charge in [-0.05, 0) is 54.4 Å². The highest BCUT2D eigenvalue weighted by Gasteiger charge is 2.03. The maximum Gasteiger partial charge on any atom is 0.123 e. The van der Waals surface area contributed by atoms with Gasteiger partial charge >= 0.3 is 0 Å². The normalized spacial score (nSPS) is 10.2. The van der Waals surface area contributed by atoms with Crippen LogP contribution < -0.4 is 5.32 Å². The van der Waals surface area contributed by atoms with Crippen LogP contribution in [0.5, 0.6) is 0 Å². The summed E-state index contributed by atoms with van der Waals surface area (Å²) in [4.78, 5) is 0. The smallest absolute Gasteiger partial charge is 0.123 e. The Balaban J connectivity index is 1.86. The Hall–Kier alpha value is -2.25. The fraction of sp³-hybridized carbons (Fsp3) is 0.188. The first-order valence-corrected chi connectivity index (χ1v) is 6.33. The van der Waals surface area contributed by atoms with Crippen LogP contribution in [-0.2, 0) is 13.0 Å². The Morgan fingerprint density at radius 3 is 2.40 bits per heavy atom. The van der Waals surface area contributed by atoms with Crippen molar-refractivity contribution in [3.63, 3.8) is 0 Å². The van der Waals surface area contributed by atoms with Crippen molar-refractivity contribution in [1.29, 1.82) is 5.26 Å². The predicted octanol–water partition coefficient (Wildman–Crippen LogP) is 3.17. The summed E-state index contributed by atoms with van der Waals surface area (Å²) in [7, 11) is 0. The third-order valence-corrected chi connectivity index (χ3v) is 3.01. The van der Waals surface area contributed by atoms with E-state index in [1.807, 2.05) is 6.07 Å². The molecule has 0 radical (unpaired) electrons. The van der Waals surface area contributed by atoms with Crippen molar-refractivity contribution in [2.45, 2.75) is 13.0 Å². The van der Waals surface area contributed by atoms with E-state index in [2.05, 4.69) is 5.32 Å². The van der Waals surface area contributed by atoms with Gasteiger partial charge < -0.3 is 5.32 Å². The second-order valence-electron chi connectivity index (χ2n) is 4.47. The summed E-state index contributed by atoms with van der Waals surface area (Å²) >= 11 is 0. The lowest BCUT2D eigenvalue weighted by Gasteiger charge is -2.07. The van der Waals surface area contributed by atoms with Crippen LogP contribution in [0.15, 0.2) is 42.5 Å². The molecule has 4 heteroatoms. The van der Waals surface area contributed by atoms with Crippen molar-refractivity contribution in [2.75, 3.05) is 6.54 Å². The van der Waals surface area contributed by atoms with Crippen molar-refractivity contribution in [1.82, 2.24) is 5.32 Å². The van der Waals surface area contributed by atoms with Gasteiger partial charge in [-0.2, -0.15) is 5.26 Å². The van der Waals surface area contributed by atoms with E-state index in [4.69, 9.17) is 5.26 Å². The van der Waals surface area contributed by atoms with E-state index >= 15 is 0 Å². The van der Waals surface area contributed by atoms with Gasteiger partial charge in [0, 0.05) is 6.54 Å². The quantitative estimate of drug-likeness (QED) is 0.849. The van der Waals surface area contributed by atoms with E-state index < -0.39 is 0 Å². The van der Waals surface area contributed by atoms with Crippen LogP contribution in [0.4, 0.5) is 8.78 Å². The number of nitrogens with zero attached hydrogens (tertiary/aromatic N) is 1. The monoisotopic (exact) mass is 272 g/mol. The minimum atomic E-state index is -0.348. The maximum atomic E-state index is 13.1. The van der Waals surface area contributed by atoms with Crippen molar-refractivity contribution in [3.8, 4) is 6.07 Å². The molecule has 0 aliphatic heterocycles. The lowest BCUT2D eigenvalue weighted by molar-refractivity contribution is 0.619. The predicted molar refractivity (Wildman–Crippen MR) is 72.9 cm³/mol. The number of rotatable bonds is 5. The van der Waals surface area contributed by atoms with E-state index in [1.165, 1.54) is 30.3 Å². The van der Waals surface area contributed by atoms with Gasteiger partial charge in [0.1, 0.15) is 11.6 Å². The Bertz CT molecular complexity index is 615. The van der Waals surface area contributed by atoms with Crippen LogP contribution in [0.3, 0.4) is 0 Å². The number of halogens is 2. The van der Waals surface area contributed by atoms with Gasteiger partial charge in [-0.3, -0.25) is 0 Å². The number of nitriles is 1. The summed E-state index contributed by atoms with van der Waals surface area (Å²) in [6.07, 6.45) is 0.748. The minimum Gasteiger partial charge on any atom is -0.312 e. The van der Waals surface area contributed by atoms with Crippen molar-refractivity contribution >= 4 is 0 Å². The van der Waals surface area contributed by atoms with Crippen LogP contribution in [0, 0.1) is 23.0 Å². The molecule has 0 saturated heterocycles. The molecule has 2 aromatic rings. The van der Waals surface area contributed by atoms with E-state index in [0.717, 1.165) is 12.0 Å². The third-order valence-electron chi connectivity index (χ3n) is 3.01. The summed E-state index contributed by atoms with van der Waals surface area (Å²) in [5.41, 5.74) is 2.14. The van der Waals surface area contributed by atoms with E-state index in [0.29, 0.717) is 24.2 Å². The van der Waals surface area contributed by atoms with Gasteiger partial charge in [0.05, 0.1) is 11.6 Å². The minimum absolute atomic E-state index is 0.250. The molecular weight excluding hydrogens is 258 g/mol. The second kappa shape index (κ2) is 6.78. The molecule has 2 rings (SSSR count). The summed E-state index contributed by atoms with van der Waals surface area (Å²) in [5, 5.41) is 12.1. The number of hydrogen-bond donors (Lipinski definition) is 1. The molecule has 102 valence electrons. The molecule has 0 amide bonds. The van der Waals surface area contributed by atoms with E-state index in [1.54, 1.807) is 12.1 Å². The van der Waals surface area contributed by atoms with Gasteiger partial charge in [-0.25, -0.2) is 8.78 Å². The van der Waals surface area contributed by atoms with E-state index in [-0.39, 0.29) is 11.6 Å². The molecule has 0 aromatic heterocycles. The molecule has 0 aliphatic carbocycles. The lowest BCUT2D eigenvalue weighted by atomic mass is 10.1. The molecule has 0 heterocycles. The molecule has 2 nitrogen and oxygen atoms in total. The molecule has 0 saturated carbocycles. The van der Waals surface area contributed by atoms with Gasteiger partial charge in [-0.1, -0.05) is 12.1 Å². The highest BCUT2D eigenvalue weighted by Crippen LogP contribution is 2.10. The topological polar surface area (TPSA) is 35.8 Å². The maximum absolute atomic E-state index is 13.1. The molecule has 0 unspecified atom stereocenters. The first kappa shape index (κ1) is 14.2. The van der Waals surface area contributed by atoms with Crippen LogP contribution in [0.25, 0.3) is 0 Å². The fourth-order valence-electron chi connectivity index (χ4n) is 1.92. The number of benzene rings is 2. The molecule has 0 bridgehead atoms. The zero-order valence-electron chi connectivity index (χ0n) is 10.9. The Kier molecular flexibility index (Phi) is 4.80. The molecule has 0 atom stereocenters. The van der Waals surface area contributed by atoms with Crippen molar-refractivity contribution in [2.24, 2.45) is 0 Å². The van der Waals surface area contributed by atoms with Crippen LogP contribution in [-0.4, -0.2) is 6.54 Å². The molecule has 0 fully saturated rings. The highest BCUT2D eigenvalue weighted by molar-refractivity contribution is 5.37. The average Bonchev–Trinajstić information content (AvgIpc) is 2.46. The van der Waals surface area contributed by atoms with Crippen molar-refractivity contribution in [3.05, 3.63) is 70.8 Å². The Morgan fingerprint density at radius 2 is 1.70 bits per heavy atom. The lowest BCUT2D eigenvalue weighted by Crippen LogP contribution is -2.17. The van der Waals surface area contributed by atoms with Crippen LogP contribution in [0.2, 0.25) is 0 Å². The summed E-state index contributed by atoms with van der Waals surface area (Å²) in [5.74, 6) is -0.598. The van der Waals surface area contributed by atoms with E-state index in [9.17, 15) is 8.78 Å². The second-order valence-corrected chi connectivity index (χ2v) is 4.47. The van der Waals surface area contributed by atoms with Crippen LogP contribution in [0.1, 0.15) is 16.7 Å². The standard InChI is InChI=1S/C16H14F2N2/c17-15-4-1-12(2-5-15)7-8-20-11-14-9-16(18)6-3-13(14)10-19/h1-6,9,20H,7-8,11H2. The Labute approximate surface area is 116 Å². The molecule has 0 aliphatic rings. The number of hydrogen-bond acceptors (Lipinski definition) is 2. The molecule has 1 N–H and O–H groups in total. The zero-order valence-corrected chi connectivity index (χ0v) is 10.9. The largest absolute Gasteiger partial charge is 0.312 e. The van der Waals surface area contributed by atoms with Gasteiger partial charge in [0.15, 0.2) is 0 Å². The van der Waals surface area contributed by atoms with Crippen LogP contribution >= 0.6 is 0 Å². The van der Waals surface area contributed by atoms with Crippen molar-refractivity contribution < 1.29 is 8.78 Å². The number of nitrogens with one attached hydrogen (secondary N) is 1. The molecule has 0 spiro atoms. The average molecular weight is 272 g/mol. The zero-order chi connectivity index (χ0) is 14.4. The highest BCUT2D eigenvalue weighted by atomic mass is 19.1. The summed E-state index contributed by atoms with van der Waals surface area (Å²) in [6, 6.07) is 12.5. The molecular formula is C16H14F2N2. The summed E-state index contributed by atoms with van der Waals surface area (Å²) in [6.45, 7) is 1.11. The van der Waals surface area contributed by atoms with Gasteiger partial charge in [-0.15, -0.1) is 0 Å². The SMILES string of the molecule is N#Cc1ccc(F)cc1CNCCc1ccc(F)cc1. The first-order chi connectivity index (χ1) is 9.69. The first-order valence-electron chi connectivity index (χ1n) is 6.33. The third kappa shape index (κ3) is 3.87. The van der Waals surface area contributed by atoms with Gasteiger partial charge in [0.2, 0.25) is 0 Å². The Morgan fingerprint density at radius 1 is 1.00 bits per heavy atom. The summed E-state index contributed by atoms with van der Waals surface area (Å²) < 4.78 is 25.9. The van der Waals surface area contributed by atoms with Gasteiger partial charge in [0.25, 0.3) is 0 Å².